The molecule has 6 radical (unpaired) electrons. The predicted octanol–water partition coefficient (Wildman–Crippen LogP) is 1.19. The third-order valence-corrected chi connectivity index (χ3v) is 5.24. The van der Waals surface area contributed by atoms with E-state index in [-0.39, 0.29) is 11.8 Å². The van der Waals surface area contributed by atoms with Crippen molar-refractivity contribution < 1.29 is 4.79 Å². The molecule has 1 fully saturated rings. The number of nitrogens with one attached hydrogen (secondary N) is 2. The van der Waals surface area contributed by atoms with E-state index in [0.29, 0.717) is 34.2 Å². The number of rotatable bonds is 4. The van der Waals surface area contributed by atoms with Gasteiger partial charge in [-0.2, -0.15) is 0 Å². The summed E-state index contributed by atoms with van der Waals surface area (Å²) in [6, 6.07) is 1.76. The first-order valence-electron chi connectivity index (χ1n) is 9.87. The molecular formula is C21H19B3N6O. The summed E-state index contributed by atoms with van der Waals surface area (Å²) >= 11 is 0. The van der Waals surface area contributed by atoms with Crippen LogP contribution in [0.3, 0.4) is 0 Å². The van der Waals surface area contributed by atoms with Gasteiger partial charge in [-0.05, 0) is 31.2 Å². The van der Waals surface area contributed by atoms with E-state index < -0.39 is 5.24 Å². The Morgan fingerprint density at radius 2 is 1.97 bits per heavy atom. The Hall–Kier alpha value is -3.21. The van der Waals surface area contributed by atoms with Crippen LogP contribution in [0.2, 0.25) is 0 Å². The number of aryl methyl sites for hydroxylation is 2. The molecule has 0 unspecified atom stereocenters. The van der Waals surface area contributed by atoms with Crippen molar-refractivity contribution in [1.82, 2.24) is 19.5 Å². The van der Waals surface area contributed by atoms with Gasteiger partial charge in [-0.3, -0.25) is 4.79 Å². The highest BCUT2D eigenvalue weighted by molar-refractivity contribution is 6.60. The fourth-order valence-corrected chi connectivity index (χ4v) is 3.26. The van der Waals surface area contributed by atoms with Gasteiger partial charge >= 0.3 is 0 Å². The first-order valence-corrected chi connectivity index (χ1v) is 9.87. The molecule has 1 amide bonds. The topological polar surface area (TPSA) is 84.7 Å². The molecule has 3 aromatic rings. The van der Waals surface area contributed by atoms with Crippen LogP contribution in [0.1, 0.15) is 30.4 Å². The molecule has 3 heterocycles. The average molecular weight is 404 g/mol. The van der Waals surface area contributed by atoms with Crippen molar-refractivity contribution in [3.8, 4) is 11.8 Å². The molecule has 31 heavy (non-hydrogen) atoms. The molecule has 2 atom stereocenters. The summed E-state index contributed by atoms with van der Waals surface area (Å²) in [6.45, 7) is 3.95. The van der Waals surface area contributed by atoms with Crippen LogP contribution >= 0.6 is 0 Å². The number of hydrogen-bond donors (Lipinski definition) is 2. The molecule has 1 saturated carbocycles. The van der Waals surface area contributed by atoms with Crippen molar-refractivity contribution >= 4 is 51.9 Å². The summed E-state index contributed by atoms with van der Waals surface area (Å²) in [5.41, 5.74) is 1.28. The fourth-order valence-electron chi connectivity index (χ4n) is 3.26. The van der Waals surface area contributed by atoms with Gasteiger partial charge in [0.2, 0.25) is 5.91 Å². The molecule has 7 nitrogen and oxygen atoms in total. The first-order chi connectivity index (χ1) is 14.6. The van der Waals surface area contributed by atoms with Crippen LogP contribution in [0, 0.1) is 30.6 Å². The Morgan fingerprint density at radius 3 is 2.58 bits per heavy atom. The lowest BCUT2D eigenvalue weighted by atomic mass is 9.49. The average Bonchev–Trinajstić information content (AvgIpc) is 3.33. The molecule has 4 rings (SSSR count). The maximum Gasteiger partial charge on any atom is 0.228 e. The van der Waals surface area contributed by atoms with E-state index in [0.717, 1.165) is 17.6 Å². The highest BCUT2D eigenvalue weighted by Gasteiger charge is 2.39. The molecule has 3 aromatic heterocycles. The standard InChI is InChI=1S/C21H19B3N6O/c1-11-6-15(11)20(31)28-18-7-16-13(4-5-14-10-30(3)12(2)27-14)8-26-19(17(16)9-25-18)29-21(22,23)24/h7-11,15H,6H2,1-3H3,(H,26,29)(H,25,28,31)/t11-,15+/m1/s1. The van der Waals surface area contributed by atoms with Crippen molar-refractivity contribution in [2.45, 2.75) is 25.5 Å². The van der Waals surface area contributed by atoms with E-state index in [1.807, 2.05) is 31.7 Å². The summed E-state index contributed by atoms with van der Waals surface area (Å²) < 4.78 is 1.90. The van der Waals surface area contributed by atoms with Crippen molar-refractivity contribution in [3.05, 3.63) is 41.7 Å². The smallest absolute Gasteiger partial charge is 0.228 e. The second-order valence-corrected chi connectivity index (χ2v) is 8.04. The normalized spacial score (nSPS) is 17.6. The number of aromatic nitrogens is 4. The van der Waals surface area contributed by atoms with Gasteiger partial charge in [0.25, 0.3) is 0 Å². The fraction of sp³-hybridized carbons (Fsp3) is 0.333. The van der Waals surface area contributed by atoms with Crippen LogP contribution in [0.25, 0.3) is 10.8 Å². The van der Waals surface area contributed by atoms with Crippen molar-refractivity contribution in [2.75, 3.05) is 10.6 Å². The van der Waals surface area contributed by atoms with Gasteiger partial charge in [-0.25, -0.2) is 15.0 Å². The Labute approximate surface area is 185 Å². The third kappa shape index (κ3) is 4.77. The van der Waals surface area contributed by atoms with Crippen LogP contribution in [-0.4, -0.2) is 54.2 Å². The zero-order valence-corrected chi connectivity index (χ0v) is 17.6. The van der Waals surface area contributed by atoms with E-state index in [2.05, 4.69) is 37.4 Å². The monoisotopic (exact) mass is 404 g/mol. The number of nitrogens with zero attached hydrogens (tertiary/aromatic N) is 4. The molecule has 0 aromatic carbocycles. The number of pyridine rings is 2. The largest absolute Gasteiger partial charge is 0.389 e. The minimum atomic E-state index is -1.66. The number of carbonyl (C=O) groups is 1. The maximum absolute atomic E-state index is 12.3. The number of carbonyl (C=O) groups excluding carboxylic acids is 1. The highest BCUT2D eigenvalue weighted by atomic mass is 16.2. The van der Waals surface area contributed by atoms with Crippen LogP contribution in [0.4, 0.5) is 11.6 Å². The summed E-state index contributed by atoms with van der Waals surface area (Å²) in [6.07, 6.45) is 5.92. The number of hydrogen-bond acceptors (Lipinski definition) is 5. The molecule has 2 N–H and O–H groups in total. The SMILES string of the molecule is [B]C([B])([B])Nc1ncc(C#Cc2cn(C)c(C)n2)c2cc(NC(=O)[C@H]3C[C@H]3C)ncc12. The van der Waals surface area contributed by atoms with E-state index in [1.54, 1.807) is 18.5 Å². The van der Waals surface area contributed by atoms with Gasteiger partial charge in [-0.1, -0.05) is 18.1 Å². The zero-order valence-electron chi connectivity index (χ0n) is 17.6. The lowest BCUT2D eigenvalue weighted by molar-refractivity contribution is -0.117. The molecule has 0 spiro atoms. The van der Waals surface area contributed by atoms with E-state index in [1.165, 1.54) is 0 Å². The lowest BCUT2D eigenvalue weighted by Gasteiger charge is -2.24. The molecule has 1 aliphatic carbocycles. The quantitative estimate of drug-likeness (QED) is 0.505. The second kappa shape index (κ2) is 7.80. The number of fused-ring (bicyclic) bond motifs is 1. The summed E-state index contributed by atoms with van der Waals surface area (Å²) in [5, 5.41) is 5.32. The van der Waals surface area contributed by atoms with E-state index >= 15 is 0 Å². The Balaban J connectivity index is 1.75. The highest BCUT2D eigenvalue weighted by Crippen LogP contribution is 2.38. The number of anilines is 2. The first kappa shape index (κ1) is 21.0. The Morgan fingerprint density at radius 1 is 1.23 bits per heavy atom. The van der Waals surface area contributed by atoms with Crippen LogP contribution < -0.4 is 10.6 Å². The van der Waals surface area contributed by atoms with Crippen LogP contribution in [0.15, 0.2) is 24.7 Å². The van der Waals surface area contributed by atoms with Crippen LogP contribution in [0.5, 0.6) is 0 Å². The molecule has 0 aliphatic heterocycles. The van der Waals surface area contributed by atoms with Crippen LogP contribution in [-0.2, 0) is 11.8 Å². The molecule has 0 bridgehead atoms. The minimum Gasteiger partial charge on any atom is -0.389 e. The van der Waals surface area contributed by atoms with Gasteiger partial charge in [0.05, 0.1) is 29.1 Å². The van der Waals surface area contributed by atoms with Gasteiger partial charge in [0, 0.05) is 42.3 Å². The second-order valence-electron chi connectivity index (χ2n) is 8.04. The summed E-state index contributed by atoms with van der Waals surface area (Å²) in [4.78, 5) is 25.4. The predicted molar refractivity (Wildman–Crippen MR) is 123 cm³/mol. The molecule has 0 saturated heterocycles. The number of amides is 1. The van der Waals surface area contributed by atoms with E-state index in [9.17, 15) is 4.79 Å². The maximum atomic E-state index is 12.3. The van der Waals surface area contributed by atoms with Gasteiger partial charge < -0.3 is 15.2 Å². The van der Waals surface area contributed by atoms with Crippen molar-refractivity contribution in [1.29, 1.82) is 0 Å². The van der Waals surface area contributed by atoms with Crippen molar-refractivity contribution in [3.63, 3.8) is 0 Å². The Kier molecular flexibility index (Phi) is 5.30. The van der Waals surface area contributed by atoms with Gasteiger partial charge in [-0.15, -0.1) is 0 Å². The third-order valence-electron chi connectivity index (χ3n) is 5.24. The van der Waals surface area contributed by atoms with Gasteiger partial charge in [0.15, 0.2) is 0 Å². The van der Waals surface area contributed by atoms with E-state index in [4.69, 9.17) is 23.5 Å². The minimum absolute atomic E-state index is 0.0335. The summed E-state index contributed by atoms with van der Waals surface area (Å²) in [5.74, 6) is 8.22. The molecule has 1 aliphatic rings. The molecule has 148 valence electrons. The zero-order chi connectivity index (χ0) is 22.3. The molecular weight excluding hydrogens is 385 g/mol. The summed E-state index contributed by atoms with van der Waals surface area (Å²) in [7, 11) is 19.0. The number of imidazole rings is 1. The van der Waals surface area contributed by atoms with Gasteiger partial charge in [0.1, 0.15) is 23.2 Å². The van der Waals surface area contributed by atoms with Crippen molar-refractivity contribution in [2.24, 2.45) is 18.9 Å². The lowest BCUT2D eigenvalue weighted by Crippen LogP contribution is -2.40. The Bertz CT molecular complexity index is 1220. The molecule has 10 heteroatoms.